The lowest BCUT2D eigenvalue weighted by Crippen LogP contribution is -2.32. The largest absolute Gasteiger partial charge is 0.495 e. The predicted molar refractivity (Wildman–Crippen MR) is 111 cm³/mol. The molecular weight excluding hydrogens is 423 g/mol. The molecule has 0 aliphatic heterocycles. The zero-order valence-electron chi connectivity index (χ0n) is 16.5. The van der Waals surface area contributed by atoms with E-state index in [1.54, 1.807) is 12.1 Å². The lowest BCUT2D eigenvalue weighted by molar-refractivity contribution is 0.285. The van der Waals surface area contributed by atoms with Crippen molar-refractivity contribution in [2.75, 3.05) is 27.4 Å². The van der Waals surface area contributed by atoms with Crippen LogP contribution in [0.15, 0.2) is 41.3 Å². The first-order valence-corrected chi connectivity index (χ1v) is 10.2. The van der Waals surface area contributed by atoms with Crippen LogP contribution in [-0.4, -0.2) is 41.8 Å². The van der Waals surface area contributed by atoms with E-state index < -0.39 is 15.8 Å². The molecule has 0 amide bonds. The van der Waals surface area contributed by atoms with Crippen LogP contribution in [0.25, 0.3) is 0 Å². The van der Waals surface area contributed by atoms with Gasteiger partial charge in [0, 0.05) is 18.7 Å². The summed E-state index contributed by atoms with van der Waals surface area (Å²) in [6, 6.07) is 9.01. The minimum absolute atomic E-state index is 0. The summed E-state index contributed by atoms with van der Waals surface area (Å²) in [5, 5.41) is 8.51. The smallest absolute Gasteiger partial charge is 0.241 e. The third-order valence-electron chi connectivity index (χ3n) is 4.05. The summed E-state index contributed by atoms with van der Waals surface area (Å²) in [5.74, 6) is 0.611. The normalized spacial score (nSPS) is 12.0. The fraction of sp³-hybridized carbons (Fsp3) is 0.368. The highest BCUT2D eigenvalue weighted by molar-refractivity contribution is 7.89. The molecule has 0 aliphatic rings. The lowest BCUT2D eigenvalue weighted by Gasteiger charge is -2.16. The number of nitrogens with two attached hydrogens (primary N) is 1. The van der Waals surface area contributed by atoms with E-state index >= 15 is 0 Å². The van der Waals surface area contributed by atoms with E-state index in [0.717, 1.165) is 5.56 Å². The third-order valence-corrected chi connectivity index (χ3v) is 4.99. The summed E-state index contributed by atoms with van der Waals surface area (Å²) >= 11 is 0. The van der Waals surface area contributed by atoms with Crippen LogP contribution in [0, 0.1) is 5.82 Å². The maximum Gasteiger partial charge on any atom is 0.241 e. The van der Waals surface area contributed by atoms with Crippen LogP contribution in [0.1, 0.15) is 12.5 Å². The summed E-state index contributed by atoms with van der Waals surface area (Å²) in [6.45, 7) is 2.79. The maximum atomic E-state index is 13.3. The van der Waals surface area contributed by atoms with E-state index in [2.05, 4.69) is 5.32 Å². The molecule has 1 atom stereocenters. The van der Waals surface area contributed by atoms with Crippen LogP contribution >= 0.6 is 12.4 Å². The van der Waals surface area contributed by atoms with E-state index in [4.69, 9.17) is 19.3 Å². The maximum absolute atomic E-state index is 13.3. The van der Waals surface area contributed by atoms with Gasteiger partial charge in [0.05, 0.1) is 14.2 Å². The molecule has 0 unspecified atom stereocenters. The van der Waals surface area contributed by atoms with Gasteiger partial charge in [-0.15, -0.1) is 12.4 Å². The zero-order valence-corrected chi connectivity index (χ0v) is 18.1. The van der Waals surface area contributed by atoms with Gasteiger partial charge in [-0.2, -0.15) is 0 Å². The van der Waals surface area contributed by atoms with Gasteiger partial charge in [0.15, 0.2) is 11.5 Å². The highest BCUT2D eigenvalue weighted by atomic mass is 35.5. The molecule has 10 heteroatoms. The molecule has 0 spiro atoms. The molecule has 29 heavy (non-hydrogen) atoms. The van der Waals surface area contributed by atoms with Gasteiger partial charge in [-0.1, -0.05) is 6.07 Å². The number of benzene rings is 2. The summed E-state index contributed by atoms with van der Waals surface area (Å²) in [5.41, 5.74) is 0.803. The van der Waals surface area contributed by atoms with Crippen LogP contribution in [0.4, 0.5) is 4.39 Å². The molecule has 162 valence electrons. The molecule has 0 aromatic heterocycles. The summed E-state index contributed by atoms with van der Waals surface area (Å²) < 4.78 is 52.5. The Morgan fingerprint density at radius 3 is 2.34 bits per heavy atom. The molecule has 0 aliphatic carbocycles. The molecule has 7 nitrogen and oxygen atoms in total. The fourth-order valence-corrected chi connectivity index (χ4v) is 3.47. The van der Waals surface area contributed by atoms with E-state index in [0.29, 0.717) is 31.1 Å². The quantitative estimate of drug-likeness (QED) is 0.542. The minimum Gasteiger partial charge on any atom is -0.495 e. The molecule has 3 N–H and O–H groups in total. The molecule has 0 bridgehead atoms. The number of rotatable bonds is 10. The van der Waals surface area contributed by atoms with Gasteiger partial charge in [-0.25, -0.2) is 17.9 Å². The Kier molecular flexibility index (Phi) is 9.64. The second-order valence-corrected chi connectivity index (χ2v) is 7.76. The predicted octanol–water partition coefficient (Wildman–Crippen LogP) is 2.51. The van der Waals surface area contributed by atoms with Gasteiger partial charge in [0.2, 0.25) is 10.0 Å². The SMILES string of the molecule is COc1ccc(F)cc1OCCN[C@H](C)Cc1ccc(OC)c(S(N)(=O)=O)c1.Cl. The average Bonchev–Trinajstić information content (AvgIpc) is 2.64. The topological polar surface area (TPSA) is 99.9 Å². The molecule has 2 aromatic carbocycles. The second kappa shape index (κ2) is 11.2. The monoisotopic (exact) mass is 448 g/mol. The third kappa shape index (κ3) is 7.36. The van der Waals surface area contributed by atoms with Crippen molar-refractivity contribution < 1.29 is 27.0 Å². The highest BCUT2D eigenvalue weighted by Crippen LogP contribution is 2.27. The van der Waals surface area contributed by atoms with Gasteiger partial charge >= 0.3 is 0 Å². The van der Waals surface area contributed by atoms with Crippen LogP contribution in [0.2, 0.25) is 0 Å². The second-order valence-electron chi connectivity index (χ2n) is 6.23. The van der Waals surface area contributed by atoms with Crippen LogP contribution in [0.5, 0.6) is 17.2 Å². The first-order chi connectivity index (χ1) is 13.2. The van der Waals surface area contributed by atoms with E-state index in [-0.39, 0.29) is 29.1 Å². The van der Waals surface area contributed by atoms with Gasteiger partial charge in [0.1, 0.15) is 23.1 Å². The Bertz CT molecular complexity index is 911. The molecule has 0 radical (unpaired) electrons. The molecule has 0 heterocycles. The van der Waals surface area contributed by atoms with Crippen molar-refractivity contribution in [1.29, 1.82) is 0 Å². The van der Waals surface area contributed by atoms with Crippen molar-refractivity contribution in [1.82, 2.24) is 5.32 Å². The number of halogens is 2. The number of primary sulfonamides is 1. The van der Waals surface area contributed by atoms with Crippen LogP contribution in [0.3, 0.4) is 0 Å². The van der Waals surface area contributed by atoms with Gasteiger partial charge in [-0.3, -0.25) is 0 Å². The lowest BCUT2D eigenvalue weighted by atomic mass is 10.1. The van der Waals surface area contributed by atoms with E-state index in [1.165, 1.54) is 38.5 Å². The molecule has 0 fully saturated rings. The van der Waals surface area contributed by atoms with Gasteiger partial charge in [-0.05, 0) is 43.2 Å². The minimum atomic E-state index is -3.87. The van der Waals surface area contributed by atoms with Crippen LogP contribution < -0.4 is 24.7 Å². The molecular formula is C19H26ClFN2O5S. The zero-order chi connectivity index (χ0) is 20.7. The Hall–Kier alpha value is -2.07. The standard InChI is InChI=1S/C19H25FN2O5S.ClH/c1-13(10-14-4-6-17(26-3)19(11-14)28(21,23)24)22-8-9-27-18-12-15(20)5-7-16(18)25-2;/h4-7,11-13,22H,8-10H2,1-3H3,(H2,21,23,24);1H/t13-;/m1./s1. The van der Waals surface area contributed by atoms with Crippen molar-refractivity contribution in [2.24, 2.45) is 5.14 Å². The number of hydrogen-bond acceptors (Lipinski definition) is 6. The molecule has 2 rings (SSSR count). The number of hydrogen-bond donors (Lipinski definition) is 2. The van der Waals surface area contributed by atoms with Crippen molar-refractivity contribution in [3.63, 3.8) is 0 Å². The summed E-state index contributed by atoms with van der Waals surface area (Å²) in [4.78, 5) is -0.0405. The number of nitrogens with one attached hydrogen (secondary N) is 1. The molecule has 2 aromatic rings. The van der Waals surface area contributed by atoms with Gasteiger partial charge < -0.3 is 19.5 Å². The van der Waals surface area contributed by atoms with Crippen molar-refractivity contribution >= 4 is 22.4 Å². The van der Waals surface area contributed by atoms with E-state index in [9.17, 15) is 12.8 Å². The number of sulfonamides is 1. The summed E-state index contributed by atoms with van der Waals surface area (Å²) in [7, 11) is -0.992. The van der Waals surface area contributed by atoms with Crippen LogP contribution in [-0.2, 0) is 16.4 Å². The Balaban J connectivity index is 0.00000420. The van der Waals surface area contributed by atoms with Crippen molar-refractivity contribution in [3.8, 4) is 17.2 Å². The first-order valence-electron chi connectivity index (χ1n) is 8.64. The Labute approximate surface area is 176 Å². The number of ether oxygens (including phenoxy) is 3. The highest BCUT2D eigenvalue weighted by Gasteiger charge is 2.16. The molecule has 0 saturated carbocycles. The molecule has 0 saturated heterocycles. The van der Waals surface area contributed by atoms with Crippen molar-refractivity contribution in [3.05, 3.63) is 47.8 Å². The Morgan fingerprint density at radius 2 is 1.72 bits per heavy atom. The van der Waals surface area contributed by atoms with Crippen molar-refractivity contribution in [2.45, 2.75) is 24.3 Å². The first kappa shape index (κ1) is 25.0. The number of methoxy groups -OCH3 is 2. The fourth-order valence-electron chi connectivity index (χ4n) is 2.73. The van der Waals surface area contributed by atoms with Gasteiger partial charge in [0.25, 0.3) is 0 Å². The average molecular weight is 449 g/mol. The Morgan fingerprint density at radius 1 is 1.07 bits per heavy atom. The van der Waals surface area contributed by atoms with E-state index in [1.807, 2.05) is 6.92 Å². The summed E-state index contributed by atoms with van der Waals surface area (Å²) in [6.07, 6.45) is 0.579.